The van der Waals surface area contributed by atoms with Crippen LogP contribution in [0.4, 0.5) is 5.69 Å². The number of fused-ring (bicyclic) bond motifs is 1. The largest absolute Gasteiger partial charge is 0.451 e. The Morgan fingerprint density at radius 2 is 1.62 bits per heavy atom. The van der Waals surface area contributed by atoms with E-state index in [9.17, 15) is 4.79 Å². The molecule has 0 saturated heterocycles. The Hall–Kier alpha value is -3.83. The SMILES string of the molecule is Cc1cc(C)c2oc(-c3ccc(Cl)c(NC(=O)c4ccc(-c5ccc(C)c(C)c5)o4)c3)nc2c1. The minimum Gasteiger partial charge on any atom is -0.451 e. The number of halogens is 1. The van der Waals surface area contributed by atoms with Crippen LogP contribution < -0.4 is 5.32 Å². The van der Waals surface area contributed by atoms with Gasteiger partial charge in [-0.05, 0) is 92.4 Å². The minimum absolute atomic E-state index is 0.197. The number of anilines is 1. The number of furan rings is 1. The third-order valence-corrected chi connectivity index (χ3v) is 6.23. The highest BCUT2D eigenvalue weighted by Gasteiger charge is 2.17. The third kappa shape index (κ3) is 4.11. The molecule has 5 nitrogen and oxygen atoms in total. The number of amides is 1. The summed E-state index contributed by atoms with van der Waals surface area (Å²) in [5.41, 5.74) is 8.12. The summed E-state index contributed by atoms with van der Waals surface area (Å²) in [6.07, 6.45) is 0. The lowest BCUT2D eigenvalue weighted by Crippen LogP contribution is -2.11. The molecule has 0 aliphatic rings. The van der Waals surface area contributed by atoms with Gasteiger partial charge in [0, 0.05) is 11.1 Å². The first-order valence-electron chi connectivity index (χ1n) is 10.9. The van der Waals surface area contributed by atoms with Gasteiger partial charge in [0.05, 0.1) is 10.7 Å². The van der Waals surface area contributed by atoms with Gasteiger partial charge in [-0.15, -0.1) is 0 Å². The molecule has 2 aromatic heterocycles. The van der Waals surface area contributed by atoms with Gasteiger partial charge in [-0.2, -0.15) is 0 Å². The van der Waals surface area contributed by atoms with E-state index in [4.69, 9.17) is 20.4 Å². The minimum atomic E-state index is -0.391. The first kappa shape index (κ1) is 22.0. The van der Waals surface area contributed by atoms with Crippen molar-refractivity contribution in [2.24, 2.45) is 0 Å². The lowest BCUT2D eigenvalue weighted by Gasteiger charge is -2.07. The van der Waals surface area contributed by atoms with Gasteiger partial charge in [-0.1, -0.05) is 29.8 Å². The highest BCUT2D eigenvalue weighted by Crippen LogP contribution is 2.32. The first-order valence-corrected chi connectivity index (χ1v) is 11.3. The number of nitrogens with zero attached hydrogens (tertiary/aromatic N) is 1. The van der Waals surface area contributed by atoms with Gasteiger partial charge in [0.2, 0.25) is 5.89 Å². The van der Waals surface area contributed by atoms with Crippen molar-refractivity contribution in [3.05, 3.63) is 93.7 Å². The molecule has 2 heterocycles. The Morgan fingerprint density at radius 1 is 0.824 bits per heavy atom. The van der Waals surface area contributed by atoms with Crippen LogP contribution in [0.1, 0.15) is 32.8 Å². The van der Waals surface area contributed by atoms with Crippen LogP contribution in [0.5, 0.6) is 0 Å². The van der Waals surface area contributed by atoms with Crippen molar-refractivity contribution >= 4 is 34.3 Å². The van der Waals surface area contributed by atoms with Crippen LogP contribution in [0.25, 0.3) is 33.9 Å². The number of hydrogen-bond acceptors (Lipinski definition) is 4. The summed E-state index contributed by atoms with van der Waals surface area (Å²) in [4.78, 5) is 17.5. The van der Waals surface area contributed by atoms with Crippen LogP contribution >= 0.6 is 11.6 Å². The van der Waals surface area contributed by atoms with Crippen LogP contribution in [-0.2, 0) is 0 Å². The van der Waals surface area contributed by atoms with Crippen molar-refractivity contribution in [3.8, 4) is 22.8 Å². The summed E-state index contributed by atoms with van der Waals surface area (Å²) in [7, 11) is 0. The normalized spacial score (nSPS) is 11.2. The molecule has 6 heteroatoms. The fourth-order valence-electron chi connectivity index (χ4n) is 3.95. The molecule has 1 amide bonds. The predicted octanol–water partition coefficient (Wildman–Crippen LogP) is 7.89. The maximum Gasteiger partial charge on any atom is 0.291 e. The summed E-state index contributed by atoms with van der Waals surface area (Å²) in [6.45, 7) is 8.12. The molecular weight excluding hydrogens is 448 g/mol. The lowest BCUT2D eigenvalue weighted by atomic mass is 10.1. The molecule has 0 fully saturated rings. The molecule has 170 valence electrons. The second-order valence-corrected chi connectivity index (χ2v) is 8.97. The van der Waals surface area contributed by atoms with Crippen LogP contribution in [0.15, 0.2) is 69.5 Å². The summed E-state index contributed by atoms with van der Waals surface area (Å²) in [5.74, 6) is 0.900. The van der Waals surface area contributed by atoms with Gasteiger partial charge in [-0.3, -0.25) is 4.79 Å². The Bertz CT molecular complexity index is 1560. The molecule has 0 radical (unpaired) electrons. The molecule has 0 aliphatic heterocycles. The predicted molar refractivity (Wildman–Crippen MR) is 136 cm³/mol. The van der Waals surface area contributed by atoms with Gasteiger partial charge in [-0.25, -0.2) is 4.98 Å². The molecule has 5 rings (SSSR count). The zero-order valence-electron chi connectivity index (χ0n) is 19.3. The van der Waals surface area contributed by atoms with Crippen LogP contribution in [0.3, 0.4) is 0 Å². The maximum absolute atomic E-state index is 12.9. The highest BCUT2D eigenvalue weighted by atomic mass is 35.5. The average molecular weight is 471 g/mol. The summed E-state index contributed by atoms with van der Waals surface area (Å²) >= 11 is 6.38. The molecule has 0 atom stereocenters. The number of aryl methyl sites for hydroxylation is 4. The van der Waals surface area contributed by atoms with Gasteiger partial charge in [0.15, 0.2) is 11.3 Å². The quantitative estimate of drug-likeness (QED) is 0.290. The van der Waals surface area contributed by atoms with Crippen molar-refractivity contribution in [1.29, 1.82) is 0 Å². The van der Waals surface area contributed by atoms with Gasteiger partial charge in [0.1, 0.15) is 11.3 Å². The molecule has 0 saturated carbocycles. The van der Waals surface area contributed by atoms with Crippen molar-refractivity contribution in [2.75, 3.05) is 5.32 Å². The van der Waals surface area contributed by atoms with E-state index < -0.39 is 5.91 Å². The van der Waals surface area contributed by atoms with E-state index in [-0.39, 0.29) is 5.76 Å². The molecule has 1 N–H and O–H groups in total. The standard InChI is InChI=1S/C28H23ClN2O3/c1-15-11-18(4)26-23(12-15)31-28(34-26)20-7-8-21(29)22(14-20)30-27(32)25-10-9-24(33-25)19-6-5-16(2)17(3)13-19/h5-14H,1-4H3,(H,30,32). The maximum atomic E-state index is 12.9. The van der Waals surface area contributed by atoms with Crippen molar-refractivity contribution in [1.82, 2.24) is 4.98 Å². The number of oxazole rings is 1. The highest BCUT2D eigenvalue weighted by molar-refractivity contribution is 6.34. The Morgan fingerprint density at radius 3 is 2.41 bits per heavy atom. The van der Waals surface area contributed by atoms with Gasteiger partial charge >= 0.3 is 0 Å². The number of carbonyl (C=O) groups excluding carboxylic acids is 1. The molecule has 0 spiro atoms. The topological polar surface area (TPSA) is 68.3 Å². The smallest absolute Gasteiger partial charge is 0.291 e. The molecule has 0 bridgehead atoms. The monoisotopic (exact) mass is 470 g/mol. The average Bonchev–Trinajstić information content (AvgIpc) is 3.45. The van der Waals surface area contributed by atoms with E-state index in [1.807, 2.05) is 51.1 Å². The zero-order valence-corrected chi connectivity index (χ0v) is 20.1. The second-order valence-electron chi connectivity index (χ2n) is 8.56. The van der Waals surface area contributed by atoms with Gasteiger partial charge in [0.25, 0.3) is 5.91 Å². The number of aromatic nitrogens is 1. The van der Waals surface area contributed by atoms with Crippen LogP contribution in [0, 0.1) is 27.7 Å². The molecule has 34 heavy (non-hydrogen) atoms. The van der Waals surface area contributed by atoms with E-state index in [1.54, 1.807) is 24.3 Å². The van der Waals surface area contributed by atoms with Crippen LogP contribution in [-0.4, -0.2) is 10.9 Å². The fraction of sp³-hybridized carbons (Fsp3) is 0.143. The van der Waals surface area contributed by atoms with E-state index in [0.29, 0.717) is 27.9 Å². The number of benzene rings is 3. The van der Waals surface area contributed by atoms with Gasteiger partial charge < -0.3 is 14.2 Å². The summed E-state index contributed by atoms with van der Waals surface area (Å²) in [6, 6.07) is 18.8. The fourth-order valence-corrected chi connectivity index (χ4v) is 4.11. The zero-order chi connectivity index (χ0) is 24.0. The van der Waals surface area contributed by atoms with E-state index in [1.165, 1.54) is 5.56 Å². The van der Waals surface area contributed by atoms with Crippen molar-refractivity contribution < 1.29 is 13.6 Å². The Balaban J connectivity index is 1.41. The van der Waals surface area contributed by atoms with E-state index in [0.717, 1.165) is 33.4 Å². The third-order valence-electron chi connectivity index (χ3n) is 5.90. The Kier molecular flexibility index (Phi) is 5.50. The molecular formula is C28H23ClN2O3. The first-order chi connectivity index (χ1) is 16.3. The summed E-state index contributed by atoms with van der Waals surface area (Å²) in [5, 5.41) is 3.25. The summed E-state index contributed by atoms with van der Waals surface area (Å²) < 4.78 is 11.8. The Labute approximate surface area is 202 Å². The van der Waals surface area contributed by atoms with E-state index in [2.05, 4.69) is 23.3 Å². The molecule has 0 unspecified atom stereocenters. The van der Waals surface area contributed by atoms with Crippen molar-refractivity contribution in [2.45, 2.75) is 27.7 Å². The van der Waals surface area contributed by atoms with E-state index >= 15 is 0 Å². The second kappa shape index (κ2) is 8.50. The molecule has 0 aliphatic carbocycles. The number of hydrogen-bond donors (Lipinski definition) is 1. The lowest BCUT2D eigenvalue weighted by molar-refractivity contribution is 0.0997. The number of rotatable bonds is 4. The van der Waals surface area contributed by atoms with Crippen LogP contribution in [0.2, 0.25) is 5.02 Å². The molecule has 5 aromatic rings. The molecule has 3 aromatic carbocycles. The van der Waals surface area contributed by atoms with Crippen molar-refractivity contribution in [3.63, 3.8) is 0 Å². The number of nitrogens with one attached hydrogen (secondary N) is 1. The number of carbonyl (C=O) groups is 1.